The molecule has 0 spiro atoms. The van der Waals surface area contributed by atoms with Gasteiger partial charge in [0.25, 0.3) is 0 Å². The number of nitrogens with one attached hydrogen (secondary N) is 2. The van der Waals surface area contributed by atoms with Crippen LogP contribution in [0.25, 0.3) is 0 Å². The first-order valence-electron chi connectivity index (χ1n) is 5.51. The van der Waals surface area contributed by atoms with Crippen molar-refractivity contribution in [3.05, 3.63) is 11.9 Å². The molecule has 7 nitrogen and oxygen atoms in total. The molecule has 0 aliphatic heterocycles. The quantitative estimate of drug-likeness (QED) is 0.301. The summed E-state index contributed by atoms with van der Waals surface area (Å²) in [5, 5.41) is 3.14. The molecular formula is C10H18N6O. The van der Waals surface area contributed by atoms with E-state index in [1.807, 2.05) is 6.92 Å². The summed E-state index contributed by atoms with van der Waals surface area (Å²) in [5.41, 5.74) is 8.51. The smallest absolute Gasteiger partial charge is 0.217 e. The van der Waals surface area contributed by atoms with Crippen LogP contribution in [0.2, 0.25) is 0 Å². The maximum Gasteiger partial charge on any atom is 0.217 e. The van der Waals surface area contributed by atoms with Crippen molar-refractivity contribution in [1.29, 1.82) is 0 Å². The van der Waals surface area contributed by atoms with E-state index in [-0.39, 0.29) is 5.91 Å². The number of aromatic nitrogens is 2. The van der Waals surface area contributed by atoms with E-state index in [0.717, 1.165) is 17.8 Å². The van der Waals surface area contributed by atoms with Crippen molar-refractivity contribution < 1.29 is 4.79 Å². The third-order valence-corrected chi connectivity index (χ3v) is 2.33. The van der Waals surface area contributed by atoms with Gasteiger partial charge >= 0.3 is 0 Å². The number of nitrogen functional groups attached to an aromatic ring is 1. The normalized spacial score (nSPS) is 10.0. The van der Waals surface area contributed by atoms with E-state index in [1.165, 1.54) is 6.33 Å². The molecular weight excluding hydrogens is 220 g/mol. The molecule has 0 aliphatic carbocycles. The van der Waals surface area contributed by atoms with Gasteiger partial charge in [-0.1, -0.05) is 6.92 Å². The van der Waals surface area contributed by atoms with Crippen LogP contribution in [0.3, 0.4) is 0 Å². The number of carbonyl (C=O) groups excluding carboxylic acids is 1. The van der Waals surface area contributed by atoms with Gasteiger partial charge in [-0.25, -0.2) is 15.8 Å². The molecule has 0 atom stereocenters. The minimum absolute atomic E-state index is 0.297. The minimum Gasteiger partial charge on any atom is -0.370 e. The molecule has 1 aromatic heterocycles. The van der Waals surface area contributed by atoms with Crippen LogP contribution < -0.4 is 22.3 Å². The van der Waals surface area contributed by atoms with Crippen molar-refractivity contribution in [3.8, 4) is 0 Å². The molecule has 0 aromatic carbocycles. The number of hydrogen-bond acceptors (Lipinski definition) is 6. The monoisotopic (exact) mass is 238 g/mol. The molecule has 1 rings (SSSR count). The van der Waals surface area contributed by atoms with Crippen LogP contribution in [0.15, 0.2) is 6.33 Å². The van der Waals surface area contributed by atoms with Gasteiger partial charge in [0.05, 0.1) is 0 Å². The van der Waals surface area contributed by atoms with Crippen molar-refractivity contribution in [2.75, 3.05) is 17.3 Å². The van der Waals surface area contributed by atoms with E-state index in [1.54, 1.807) is 0 Å². The Kier molecular flexibility index (Phi) is 5.15. The number of nitrogens with two attached hydrogens (primary N) is 2. The van der Waals surface area contributed by atoms with Crippen molar-refractivity contribution in [2.45, 2.75) is 26.2 Å². The van der Waals surface area contributed by atoms with Crippen LogP contribution in [-0.2, 0) is 11.2 Å². The molecule has 1 amide bonds. The zero-order valence-corrected chi connectivity index (χ0v) is 9.86. The van der Waals surface area contributed by atoms with Crippen molar-refractivity contribution >= 4 is 17.5 Å². The largest absolute Gasteiger partial charge is 0.370 e. The Bertz CT molecular complexity index is 381. The summed E-state index contributed by atoms with van der Waals surface area (Å²) < 4.78 is 0. The lowest BCUT2D eigenvalue weighted by Gasteiger charge is -2.12. The van der Waals surface area contributed by atoms with E-state index in [4.69, 9.17) is 11.6 Å². The highest BCUT2D eigenvalue weighted by molar-refractivity contribution is 5.73. The third kappa shape index (κ3) is 3.87. The number of anilines is 2. The molecule has 0 saturated heterocycles. The van der Waals surface area contributed by atoms with Crippen LogP contribution in [0, 0.1) is 0 Å². The van der Waals surface area contributed by atoms with Crippen LogP contribution >= 0.6 is 0 Å². The summed E-state index contributed by atoms with van der Waals surface area (Å²) in [5.74, 6) is 6.41. The molecule has 0 fully saturated rings. The maximum absolute atomic E-state index is 10.6. The van der Waals surface area contributed by atoms with Crippen molar-refractivity contribution in [1.82, 2.24) is 9.97 Å². The highest BCUT2D eigenvalue weighted by atomic mass is 16.1. The fourth-order valence-electron chi connectivity index (χ4n) is 1.49. The Morgan fingerprint density at radius 2 is 2.12 bits per heavy atom. The molecule has 7 heteroatoms. The first kappa shape index (κ1) is 13.2. The lowest BCUT2D eigenvalue weighted by atomic mass is 10.2. The predicted molar refractivity (Wildman–Crippen MR) is 66.1 cm³/mol. The van der Waals surface area contributed by atoms with Crippen molar-refractivity contribution in [3.63, 3.8) is 0 Å². The van der Waals surface area contributed by atoms with Gasteiger partial charge in [-0.15, -0.1) is 0 Å². The zero-order chi connectivity index (χ0) is 12.7. The number of amides is 1. The van der Waals surface area contributed by atoms with E-state index >= 15 is 0 Å². The minimum atomic E-state index is -0.297. The SMILES string of the molecule is CCc1c(NN)ncnc1NCCCC(N)=O. The second kappa shape index (κ2) is 6.64. The first-order valence-corrected chi connectivity index (χ1v) is 5.51. The molecule has 6 N–H and O–H groups in total. The Morgan fingerprint density at radius 3 is 2.71 bits per heavy atom. The van der Waals surface area contributed by atoms with Gasteiger partial charge in [0.1, 0.15) is 18.0 Å². The van der Waals surface area contributed by atoms with Gasteiger partial charge < -0.3 is 16.5 Å². The summed E-state index contributed by atoms with van der Waals surface area (Å²) in [6.07, 6.45) is 3.23. The lowest BCUT2D eigenvalue weighted by molar-refractivity contribution is -0.118. The second-order valence-electron chi connectivity index (χ2n) is 3.54. The van der Waals surface area contributed by atoms with Crippen LogP contribution in [0.4, 0.5) is 11.6 Å². The Balaban J connectivity index is 2.60. The van der Waals surface area contributed by atoms with Gasteiger partial charge in [-0.2, -0.15) is 0 Å². The Morgan fingerprint density at radius 1 is 1.41 bits per heavy atom. The molecule has 1 aromatic rings. The van der Waals surface area contributed by atoms with Crippen LogP contribution in [0.5, 0.6) is 0 Å². The Hall–Kier alpha value is -1.89. The van der Waals surface area contributed by atoms with E-state index in [2.05, 4.69) is 20.7 Å². The summed E-state index contributed by atoms with van der Waals surface area (Å²) in [4.78, 5) is 18.7. The zero-order valence-electron chi connectivity index (χ0n) is 9.86. The number of primary amides is 1. The van der Waals surface area contributed by atoms with Gasteiger partial charge in [0.15, 0.2) is 0 Å². The third-order valence-electron chi connectivity index (χ3n) is 2.33. The number of carbonyl (C=O) groups is 1. The molecule has 0 unspecified atom stereocenters. The fourth-order valence-corrected chi connectivity index (χ4v) is 1.49. The molecule has 0 bridgehead atoms. The van der Waals surface area contributed by atoms with Gasteiger partial charge in [0.2, 0.25) is 5.91 Å². The highest BCUT2D eigenvalue weighted by Crippen LogP contribution is 2.19. The van der Waals surface area contributed by atoms with E-state index in [9.17, 15) is 4.79 Å². The highest BCUT2D eigenvalue weighted by Gasteiger charge is 2.08. The first-order chi connectivity index (χ1) is 8.19. The molecule has 1 heterocycles. The van der Waals surface area contributed by atoms with Gasteiger partial charge in [0, 0.05) is 18.5 Å². The summed E-state index contributed by atoms with van der Waals surface area (Å²) in [6.45, 7) is 2.63. The number of nitrogens with zero attached hydrogens (tertiary/aromatic N) is 2. The predicted octanol–water partition coefficient (Wildman–Crippen LogP) is 0.00200. The second-order valence-corrected chi connectivity index (χ2v) is 3.54. The molecule has 17 heavy (non-hydrogen) atoms. The average molecular weight is 238 g/mol. The van der Waals surface area contributed by atoms with E-state index in [0.29, 0.717) is 25.2 Å². The van der Waals surface area contributed by atoms with Crippen LogP contribution in [-0.4, -0.2) is 22.4 Å². The molecule has 0 aliphatic rings. The topological polar surface area (TPSA) is 119 Å². The van der Waals surface area contributed by atoms with Crippen LogP contribution in [0.1, 0.15) is 25.3 Å². The number of hydrogen-bond donors (Lipinski definition) is 4. The summed E-state index contributed by atoms with van der Waals surface area (Å²) in [6, 6.07) is 0. The summed E-state index contributed by atoms with van der Waals surface area (Å²) >= 11 is 0. The maximum atomic E-state index is 10.6. The van der Waals surface area contributed by atoms with Gasteiger partial charge in [-0.05, 0) is 12.8 Å². The molecule has 0 saturated carbocycles. The summed E-state index contributed by atoms with van der Waals surface area (Å²) in [7, 11) is 0. The molecule has 94 valence electrons. The number of rotatable bonds is 7. The van der Waals surface area contributed by atoms with Crippen molar-refractivity contribution in [2.24, 2.45) is 11.6 Å². The standard InChI is InChI=1S/C10H18N6O/c1-2-7-9(13-5-3-4-8(11)17)14-6-15-10(7)16-12/h6H,2-5,12H2,1H3,(H2,11,17)(H2,13,14,15,16). The Labute approximate surface area is 100.0 Å². The fraction of sp³-hybridized carbons (Fsp3) is 0.500. The average Bonchev–Trinajstić information content (AvgIpc) is 2.33. The number of hydrazine groups is 1. The lowest BCUT2D eigenvalue weighted by Crippen LogP contribution is -2.16. The van der Waals surface area contributed by atoms with Gasteiger partial charge in [-0.3, -0.25) is 4.79 Å². The van der Waals surface area contributed by atoms with E-state index < -0.39 is 0 Å². The molecule has 0 radical (unpaired) electrons.